The summed E-state index contributed by atoms with van der Waals surface area (Å²) < 4.78 is 78.6. The standard InChI is InChI=1S/C12H13F6NO/c1-7(19)4-8-2-3-10(20-6-11(13,14)15)9(5-8)12(16,17)18/h2-3,5,7H,4,6,19H2,1H3. The summed E-state index contributed by atoms with van der Waals surface area (Å²) in [4.78, 5) is 0. The first-order chi connectivity index (χ1) is 8.99. The van der Waals surface area contributed by atoms with Gasteiger partial charge in [-0.3, -0.25) is 0 Å². The lowest BCUT2D eigenvalue weighted by molar-refractivity contribution is -0.158. The van der Waals surface area contributed by atoms with Gasteiger partial charge in [-0.05, 0) is 31.0 Å². The SMILES string of the molecule is CC(N)Cc1ccc(OCC(F)(F)F)c(C(F)(F)F)c1. The highest BCUT2D eigenvalue weighted by molar-refractivity contribution is 5.39. The van der Waals surface area contributed by atoms with Gasteiger partial charge >= 0.3 is 12.4 Å². The number of halogens is 6. The van der Waals surface area contributed by atoms with Crippen molar-refractivity contribution in [1.82, 2.24) is 0 Å². The molecule has 2 N–H and O–H groups in total. The molecule has 0 aliphatic rings. The molecule has 0 saturated carbocycles. The van der Waals surface area contributed by atoms with Gasteiger partial charge in [0.05, 0.1) is 5.56 Å². The van der Waals surface area contributed by atoms with Gasteiger partial charge in [0.1, 0.15) is 5.75 Å². The molecule has 0 aliphatic carbocycles. The second-order valence-corrected chi connectivity index (χ2v) is 4.41. The van der Waals surface area contributed by atoms with Crippen LogP contribution in [0.3, 0.4) is 0 Å². The Kier molecular flexibility index (Phi) is 4.90. The first-order valence-electron chi connectivity index (χ1n) is 5.64. The third-order valence-corrected chi connectivity index (χ3v) is 2.30. The van der Waals surface area contributed by atoms with E-state index in [-0.39, 0.29) is 18.0 Å². The van der Waals surface area contributed by atoms with Crippen LogP contribution >= 0.6 is 0 Å². The monoisotopic (exact) mass is 301 g/mol. The van der Waals surface area contributed by atoms with Gasteiger partial charge in [-0.25, -0.2) is 0 Å². The molecular weight excluding hydrogens is 288 g/mol. The minimum absolute atomic E-state index is 0.183. The zero-order chi connectivity index (χ0) is 15.6. The van der Waals surface area contributed by atoms with Gasteiger partial charge in [-0.1, -0.05) is 6.07 Å². The topological polar surface area (TPSA) is 35.2 Å². The molecule has 0 bridgehead atoms. The summed E-state index contributed by atoms with van der Waals surface area (Å²) in [5, 5.41) is 0. The van der Waals surface area contributed by atoms with Crippen molar-refractivity contribution in [3.63, 3.8) is 0 Å². The molecular formula is C12H13F6NO. The lowest BCUT2D eigenvalue weighted by Gasteiger charge is -2.16. The smallest absolute Gasteiger partial charge is 0.422 e. The van der Waals surface area contributed by atoms with Crippen LogP contribution in [-0.4, -0.2) is 18.8 Å². The summed E-state index contributed by atoms with van der Waals surface area (Å²) in [5.41, 5.74) is 4.52. The quantitative estimate of drug-likeness (QED) is 0.863. The van der Waals surface area contributed by atoms with Crippen LogP contribution < -0.4 is 10.5 Å². The van der Waals surface area contributed by atoms with E-state index in [0.29, 0.717) is 0 Å². The molecule has 0 amide bonds. The van der Waals surface area contributed by atoms with E-state index >= 15 is 0 Å². The summed E-state index contributed by atoms with van der Waals surface area (Å²) in [6.07, 6.45) is -9.31. The highest BCUT2D eigenvalue weighted by Gasteiger charge is 2.36. The third kappa shape index (κ3) is 5.28. The number of rotatable bonds is 4. The molecule has 20 heavy (non-hydrogen) atoms. The second kappa shape index (κ2) is 5.90. The summed E-state index contributed by atoms with van der Waals surface area (Å²) in [6.45, 7) is -0.163. The highest BCUT2D eigenvalue weighted by atomic mass is 19.4. The van der Waals surface area contributed by atoms with E-state index in [9.17, 15) is 26.3 Å². The Balaban J connectivity index is 3.05. The van der Waals surface area contributed by atoms with Crippen LogP contribution in [0.5, 0.6) is 5.75 Å². The van der Waals surface area contributed by atoms with Crippen molar-refractivity contribution in [1.29, 1.82) is 0 Å². The molecule has 1 unspecified atom stereocenters. The van der Waals surface area contributed by atoms with E-state index in [2.05, 4.69) is 4.74 Å². The van der Waals surface area contributed by atoms with Crippen LogP contribution in [0.25, 0.3) is 0 Å². The van der Waals surface area contributed by atoms with Crippen LogP contribution in [0.4, 0.5) is 26.3 Å². The van der Waals surface area contributed by atoms with E-state index < -0.39 is 30.3 Å². The Morgan fingerprint density at radius 1 is 1.15 bits per heavy atom. The molecule has 1 aromatic carbocycles. The van der Waals surface area contributed by atoms with Gasteiger partial charge in [-0.15, -0.1) is 0 Å². The van der Waals surface area contributed by atoms with E-state index in [1.807, 2.05) is 0 Å². The first-order valence-corrected chi connectivity index (χ1v) is 5.64. The van der Waals surface area contributed by atoms with Crippen LogP contribution in [-0.2, 0) is 12.6 Å². The Hall–Kier alpha value is -1.44. The van der Waals surface area contributed by atoms with E-state index in [1.54, 1.807) is 6.92 Å². The minimum Gasteiger partial charge on any atom is -0.483 e. The van der Waals surface area contributed by atoms with E-state index in [4.69, 9.17) is 5.73 Å². The average molecular weight is 301 g/mol. The van der Waals surface area contributed by atoms with Crippen molar-refractivity contribution in [3.8, 4) is 5.75 Å². The van der Waals surface area contributed by atoms with Crippen molar-refractivity contribution in [2.75, 3.05) is 6.61 Å². The van der Waals surface area contributed by atoms with Crippen LogP contribution in [0.15, 0.2) is 18.2 Å². The molecule has 114 valence electrons. The third-order valence-electron chi connectivity index (χ3n) is 2.30. The molecule has 0 aromatic heterocycles. The zero-order valence-electron chi connectivity index (χ0n) is 10.5. The lowest BCUT2D eigenvalue weighted by atomic mass is 10.0. The summed E-state index contributed by atoms with van der Waals surface area (Å²) in [7, 11) is 0. The Morgan fingerprint density at radius 3 is 2.20 bits per heavy atom. The van der Waals surface area contributed by atoms with Gasteiger partial charge in [-0.2, -0.15) is 26.3 Å². The lowest BCUT2D eigenvalue weighted by Crippen LogP contribution is -2.21. The highest BCUT2D eigenvalue weighted by Crippen LogP contribution is 2.37. The Bertz CT molecular complexity index is 452. The Labute approximate surface area is 111 Å². The predicted molar refractivity (Wildman–Crippen MR) is 60.3 cm³/mol. The number of hydrogen-bond donors (Lipinski definition) is 1. The molecule has 0 radical (unpaired) electrons. The fourth-order valence-corrected chi connectivity index (χ4v) is 1.58. The van der Waals surface area contributed by atoms with Crippen LogP contribution in [0.1, 0.15) is 18.1 Å². The molecule has 1 rings (SSSR count). The van der Waals surface area contributed by atoms with E-state index in [0.717, 1.165) is 12.1 Å². The fourth-order valence-electron chi connectivity index (χ4n) is 1.58. The summed E-state index contributed by atoms with van der Waals surface area (Å²) in [5.74, 6) is -0.844. The van der Waals surface area contributed by atoms with Crippen LogP contribution in [0.2, 0.25) is 0 Å². The van der Waals surface area contributed by atoms with Gasteiger partial charge in [0.15, 0.2) is 6.61 Å². The van der Waals surface area contributed by atoms with E-state index in [1.165, 1.54) is 6.07 Å². The largest absolute Gasteiger partial charge is 0.483 e. The van der Waals surface area contributed by atoms with Crippen molar-refractivity contribution >= 4 is 0 Å². The fraction of sp³-hybridized carbons (Fsp3) is 0.500. The number of hydrogen-bond acceptors (Lipinski definition) is 2. The molecule has 0 spiro atoms. The molecule has 1 aromatic rings. The molecule has 0 heterocycles. The van der Waals surface area contributed by atoms with Gasteiger partial charge < -0.3 is 10.5 Å². The number of nitrogens with two attached hydrogens (primary N) is 1. The Morgan fingerprint density at radius 2 is 1.75 bits per heavy atom. The number of alkyl halides is 6. The van der Waals surface area contributed by atoms with Crippen molar-refractivity contribution in [2.24, 2.45) is 5.73 Å². The summed E-state index contributed by atoms with van der Waals surface area (Å²) >= 11 is 0. The maximum atomic E-state index is 12.8. The second-order valence-electron chi connectivity index (χ2n) is 4.41. The zero-order valence-corrected chi connectivity index (χ0v) is 10.5. The number of ether oxygens (including phenoxy) is 1. The molecule has 0 fully saturated rings. The summed E-state index contributed by atoms with van der Waals surface area (Å²) in [6, 6.07) is 2.55. The number of benzene rings is 1. The predicted octanol–water partition coefficient (Wildman–Crippen LogP) is 3.54. The normalized spacial score (nSPS) is 14.2. The van der Waals surface area contributed by atoms with Gasteiger partial charge in [0.25, 0.3) is 0 Å². The average Bonchev–Trinajstić information content (AvgIpc) is 2.24. The molecule has 8 heteroatoms. The van der Waals surface area contributed by atoms with Crippen molar-refractivity contribution in [2.45, 2.75) is 31.7 Å². The van der Waals surface area contributed by atoms with Crippen molar-refractivity contribution in [3.05, 3.63) is 29.3 Å². The maximum absolute atomic E-state index is 12.8. The van der Waals surface area contributed by atoms with Crippen molar-refractivity contribution < 1.29 is 31.1 Å². The first kappa shape index (κ1) is 16.6. The maximum Gasteiger partial charge on any atom is 0.422 e. The minimum atomic E-state index is -4.80. The van der Waals surface area contributed by atoms with Gasteiger partial charge in [0, 0.05) is 6.04 Å². The molecule has 2 nitrogen and oxygen atoms in total. The van der Waals surface area contributed by atoms with Gasteiger partial charge in [0.2, 0.25) is 0 Å². The molecule has 0 aliphatic heterocycles. The molecule has 1 atom stereocenters. The molecule has 0 saturated heterocycles. The van der Waals surface area contributed by atoms with Crippen LogP contribution in [0, 0.1) is 0 Å².